The van der Waals surface area contributed by atoms with Gasteiger partial charge < -0.3 is 4.74 Å². The molecule has 0 aromatic heterocycles. The van der Waals surface area contributed by atoms with Crippen molar-refractivity contribution in [3.63, 3.8) is 0 Å². The maximum atomic E-state index is 10.1. The molecule has 0 saturated heterocycles. The molecule has 0 fully saturated rings. The van der Waals surface area contributed by atoms with E-state index in [9.17, 15) is 5.11 Å². The van der Waals surface area contributed by atoms with Crippen LogP contribution in [0.1, 0.15) is 33.1 Å². The quantitative estimate of drug-likeness (QED) is 0.526. The van der Waals surface area contributed by atoms with Crippen LogP contribution in [-0.4, -0.2) is 19.3 Å². The first-order valence-electron chi connectivity index (χ1n) is 4.01. The monoisotopic (exact) mass is 145 g/mol. The Morgan fingerprint density at radius 2 is 2.20 bits per heavy atom. The molecule has 0 saturated carbocycles. The Morgan fingerprint density at radius 3 is 2.70 bits per heavy atom. The molecular formula is C8H17O2. The van der Waals surface area contributed by atoms with Gasteiger partial charge in [-0.3, -0.25) is 0 Å². The second kappa shape index (κ2) is 7.03. The van der Waals surface area contributed by atoms with Gasteiger partial charge >= 0.3 is 0 Å². The molecule has 0 heterocycles. The van der Waals surface area contributed by atoms with E-state index in [0.717, 1.165) is 19.4 Å². The van der Waals surface area contributed by atoms with E-state index in [0.29, 0.717) is 6.42 Å². The van der Waals surface area contributed by atoms with Gasteiger partial charge in [0.1, 0.15) is 0 Å². The number of hydrogen-bond acceptors (Lipinski definition) is 1. The summed E-state index contributed by atoms with van der Waals surface area (Å²) in [5, 5.41) is 10.1. The van der Waals surface area contributed by atoms with Gasteiger partial charge in [0.05, 0.1) is 12.7 Å². The molecule has 0 aromatic carbocycles. The zero-order valence-corrected chi connectivity index (χ0v) is 6.93. The van der Waals surface area contributed by atoms with Crippen LogP contribution in [0, 0.1) is 0 Å². The van der Waals surface area contributed by atoms with E-state index in [-0.39, 0.29) is 12.7 Å². The van der Waals surface area contributed by atoms with E-state index in [2.05, 4.69) is 6.92 Å². The molecule has 61 valence electrons. The van der Waals surface area contributed by atoms with Crippen LogP contribution in [0.25, 0.3) is 0 Å². The van der Waals surface area contributed by atoms with Crippen molar-refractivity contribution in [3.8, 4) is 0 Å². The average Bonchev–Trinajstić information content (AvgIpc) is 1.89. The maximum absolute atomic E-state index is 10.1. The van der Waals surface area contributed by atoms with Gasteiger partial charge in [-0.05, 0) is 19.8 Å². The van der Waals surface area contributed by atoms with Gasteiger partial charge in [-0.15, -0.1) is 0 Å². The molecule has 1 radical (unpaired) electrons. The Balaban J connectivity index is 2.97. The lowest BCUT2D eigenvalue weighted by Crippen LogP contribution is -2.10. The zero-order chi connectivity index (χ0) is 7.82. The highest BCUT2D eigenvalue weighted by atomic mass is 16.5. The lowest BCUT2D eigenvalue weighted by molar-refractivity contribution is 0.0366. The van der Waals surface area contributed by atoms with Crippen molar-refractivity contribution in [2.75, 3.05) is 13.2 Å². The molecule has 1 unspecified atom stereocenters. The molecule has 0 N–H and O–H groups in total. The van der Waals surface area contributed by atoms with Crippen LogP contribution >= 0.6 is 0 Å². The molecule has 2 heteroatoms. The van der Waals surface area contributed by atoms with Crippen molar-refractivity contribution < 1.29 is 9.84 Å². The molecule has 0 amide bonds. The van der Waals surface area contributed by atoms with Gasteiger partial charge in [0, 0.05) is 6.61 Å². The van der Waals surface area contributed by atoms with Crippen molar-refractivity contribution in [1.29, 1.82) is 0 Å². The first kappa shape index (κ1) is 9.92. The standard InChI is InChI=1S/C8H17O2/c1-3-4-7-10-8(2)5-6-9/h8H,3-7H2,1-2H3. The molecule has 0 aliphatic carbocycles. The molecule has 1 atom stereocenters. The van der Waals surface area contributed by atoms with E-state index in [1.807, 2.05) is 6.92 Å². The summed E-state index contributed by atoms with van der Waals surface area (Å²) in [6.07, 6.45) is 3.06. The smallest absolute Gasteiger partial charge is 0.0846 e. The Labute approximate surface area is 63.2 Å². The SMILES string of the molecule is CCCCOC(C)CC[O]. The predicted molar refractivity (Wildman–Crippen MR) is 40.5 cm³/mol. The minimum Gasteiger partial charge on any atom is -0.378 e. The van der Waals surface area contributed by atoms with Gasteiger partial charge in [0.2, 0.25) is 0 Å². The summed E-state index contributed by atoms with van der Waals surface area (Å²) < 4.78 is 5.32. The lowest BCUT2D eigenvalue weighted by Gasteiger charge is -2.09. The van der Waals surface area contributed by atoms with Crippen LogP contribution in [0.2, 0.25) is 0 Å². The summed E-state index contributed by atoms with van der Waals surface area (Å²) in [6, 6.07) is 0. The van der Waals surface area contributed by atoms with Crippen LogP contribution in [0.4, 0.5) is 0 Å². The summed E-state index contributed by atoms with van der Waals surface area (Å²) in [5.74, 6) is 0. The Kier molecular flexibility index (Phi) is 6.98. The third kappa shape index (κ3) is 6.05. The van der Waals surface area contributed by atoms with Crippen LogP contribution < -0.4 is 0 Å². The van der Waals surface area contributed by atoms with E-state index < -0.39 is 0 Å². The summed E-state index contributed by atoms with van der Waals surface area (Å²) >= 11 is 0. The van der Waals surface area contributed by atoms with Crippen LogP contribution in [0.5, 0.6) is 0 Å². The third-order valence-corrected chi connectivity index (χ3v) is 1.42. The topological polar surface area (TPSA) is 29.1 Å². The van der Waals surface area contributed by atoms with Crippen LogP contribution in [0.15, 0.2) is 0 Å². The van der Waals surface area contributed by atoms with Gasteiger partial charge in [-0.2, -0.15) is 0 Å². The molecule has 0 rings (SSSR count). The van der Waals surface area contributed by atoms with Crippen molar-refractivity contribution in [2.45, 2.75) is 39.2 Å². The van der Waals surface area contributed by atoms with Crippen molar-refractivity contribution in [1.82, 2.24) is 0 Å². The minimum atomic E-state index is -0.0205. The summed E-state index contributed by atoms with van der Waals surface area (Å²) in [5.41, 5.74) is 0. The zero-order valence-electron chi connectivity index (χ0n) is 6.93. The first-order valence-corrected chi connectivity index (χ1v) is 4.01. The van der Waals surface area contributed by atoms with Crippen LogP contribution in [0.3, 0.4) is 0 Å². The molecule has 0 bridgehead atoms. The number of unbranched alkanes of at least 4 members (excludes halogenated alkanes) is 1. The summed E-state index contributed by atoms with van der Waals surface area (Å²) in [6.45, 7) is 4.86. The first-order chi connectivity index (χ1) is 4.81. The largest absolute Gasteiger partial charge is 0.378 e. The van der Waals surface area contributed by atoms with Crippen LogP contribution in [-0.2, 0) is 9.84 Å². The number of rotatable bonds is 6. The molecule has 10 heavy (non-hydrogen) atoms. The molecule has 2 nitrogen and oxygen atoms in total. The highest BCUT2D eigenvalue weighted by Crippen LogP contribution is 1.98. The molecule has 0 aliphatic rings. The molecule has 0 aliphatic heterocycles. The van der Waals surface area contributed by atoms with E-state index >= 15 is 0 Å². The fourth-order valence-corrected chi connectivity index (χ4v) is 0.678. The second-order valence-electron chi connectivity index (χ2n) is 2.53. The van der Waals surface area contributed by atoms with Gasteiger partial charge in [-0.25, -0.2) is 5.11 Å². The maximum Gasteiger partial charge on any atom is 0.0846 e. The Morgan fingerprint density at radius 1 is 1.50 bits per heavy atom. The van der Waals surface area contributed by atoms with Crippen molar-refractivity contribution >= 4 is 0 Å². The predicted octanol–water partition coefficient (Wildman–Crippen LogP) is 2.01. The number of hydrogen-bond donors (Lipinski definition) is 0. The van der Waals surface area contributed by atoms with Crippen molar-refractivity contribution in [3.05, 3.63) is 0 Å². The number of ether oxygens (including phenoxy) is 1. The van der Waals surface area contributed by atoms with Crippen molar-refractivity contribution in [2.24, 2.45) is 0 Å². The van der Waals surface area contributed by atoms with E-state index in [4.69, 9.17) is 4.74 Å². The van der Waals surface area contributed by atoms with Gasteiger partial charge in [-0.1, -0.05) is 13.3 Å². The highest BCUT2D eigenvalue weighted by Gasteiger charge is 1.99. The normalized spacial score (nSPS) is 13.5. The van der Waals surface area contributed by atoms with E-state index in [1.54, 1.807) is 0 Å². The molecule has 0 aromatic rings. The fraction of sp³-hybridized carbons (Fsp3) is 1.00. The highest BCUT2D eigenvalue weighted by molar-refractivity contribution is 4.47. The van der Waals surface area contributed by atoms with E-state index in [1.165, 1.54) is 0 Å². The lowest BCUT2D eigenvalue weighted by atomic mass is 10.3. The average molecular weight is 145 g/mol. The minimum absolute atomic E-state index is 0.0205. The fourth-order valence-electron chi connectivity index (χ4n) is 0.678. The summed E-state index contributed by atoms with van der Waals surface area (Å²) in [4.78, 5) is 0. The third-order valence-electron chi connectivity index (χ3n) is 1.42. The molecular weight excluding hydrogens is 128 g/mol. The Hall–Kier alpha value is -0.0800. The summed E-state index contributed by atoms with van der Waals surface area (Å²) in [7, 11) is 0. The second-order valence-corrected chi connectivity index (χ2v) is 2.53. The molecule has 0 spiro atoms. The van der Waals surface area contributed by atoms with Gasteiger partial charge in [0.25, 0.3) is 0 Å². The Bertz CT molecular complexity index is 64.3. The van der Waals surface area contributed by atoms with Gasteiger partial charge in [0.15, 0.2) is 0 Å².